The Hall–Kier alpha value is -2.00. The quantitative estimate of drug-likeness (QED) is 0.549. The number of nitrogens with one attached hydrogen (secondary N) is 1. The molecule has 0 aliphatic rings. The molecule has 2 aromatic carbocycles. The first-order valence-electron chi connectivity index (χ1n) is 9.37. The zero-order chi connectivity index (χ0) is 22.3. The molecule has 164 valence electrons. The third-order valence-electron chi connectivity index (χ3n) is 4.12. The molecule has 1 N–H and O–H groups in total. The van der Waals surface area contributed by atoms with E-state index in [9.17, 15) is 13.2 Å². The van der Waals surface area contributed by atoms with Gasteiger partial charge in [0.15, 0.2) is 6.61 Å². The van der Waals surface area contributed by atoms with Gasteiger partial charge in [0.1, 0.15) is 11.5 Å². The molecule has 0 unspecified atom stereocenters. The number of halogens is 2. The van der Waals surface area contributed by atoms with Gasteiger partial charge < -0.3 is 14.8 Å². The zero-order valence-corrected chi connectivity index (χ0v) is 19.3. The number of hydrogen-bond donors (Lipinski definition) is 1. The van der Waals surface area contributed by atoms with Crippen LogP contribution < -0.4 is 14.8 Å². The maximum Gasteiger partial charge on any atom is 0.262 e. The fourth-order valence-corrected chi connectivity index (χ4v) is 4.50. The second-order valence-corrected chi connectivity index (χ2v) is 8.87. The lowest BCUT2D eigenvalue weighted by molar-refractivity contribution is -0.118. The van der Waals surface area contributed by atoms with Crippen molar-refractivity contribution in [3.8, 4) is 11.5 Å². The Morgan fingerprint density at radius 3 is 2.33 bits per heavy atom. The normalized spacial score (nSPS) is 11.4. The number of benzene rings is 2. The predicted molar refractivity (Wildman–Crippen MR) is 118 cm³/mol. The fraction of sp³-hybridized carbons (Fsp3) is 0.350. The smallest absolute Gasteiger partial charge is 0.262 e. The minimum Gasteiger partial charge on any atom is -0.492 e. The molecule has 0 saturated heterocycles. The summed E-state index contributed by atoms with van der Waals surface area (Å²) < 4.78 is 37.9. The van der Waals surface area contributed by atoms with Crippen LogP contribution >= 0.6 is 23.2 Å². The number of sulfonamides is 1. The molecule has 0 saturated carbocycles. The van der Waals surface area contributed by atoms with Crippen LogP contribution in [0.5, 0.6) is 11.5 Å². The molecule has 7 nitrogen and oxygen atoms in total. The lowest BCUT2D eigenvalue weighted by atomic mass is 10.3. The molecular formula is C20H24Cl2N2O5S. The van der Waals surface area contributed by atoms with Crippen molar-refractivity contribution in [1.29, 1.82) is 0 Å². The number of ether oxygens (including phenoxy) is 2. The number of carbonyl (C=O) groups excluding carboxylic acids is 1. The second kappa shape index (κ2) is 10.9. The van der Waals surface area contributed by atoms with Crippen molar-refractivity contribution in [3.63, 3.8) is 0 Å². The molecule has 2 rings (SSSR count). The van der Waals surface area contributed by atoms with Gasteiger partial charge in [0.25, 0.3) is 5.91 Å². The Morgan fingerprint density at radius 1 is 1.00 bits per heavy atom. The highest BCUT2D eigenvalue weighted by molar-refractivity contribution is 7.89. The molecule has 30 heavy (non-hydrogen) atoms. The number of hydrogen-bond acceptors (Lipinski definition) is 5. The fourth-order valence-electron chi connectivity index (χ4n) is 2.68. The van der Waals surface area contributed by atoms with Gasteiger partial charge in [-0.05, 0) is 37.3 Å². The number of nitrogens with zero attached hydrogens (tertiary/aromatic N) is 1. The maximum atomic E-state index is 12.8. The lowest BCUT2D eigenvalue weighted by Crippen LogP contribution is -2.30. The van der Waals surface area contributed by atoms with E-state index < -0.39 is 15.9 Å². The van der Waals surface area contributed by atoms with Gasteiger partial charge in [-0.1, -0.05) is 37.0 Å². The van der Waals surface area contributed by atoms with Gasteiger partial charge in [-0.15, -0.1) is 0 Å². The number of rotatable bonds is 10. The van der Waals surface area contributed by atoms with Crippen molar-refractivity contribution in [1.82, 2.24) is 4.31 Å². The summed E-state index contributed by atoms with van der Waals surface area (Å²) in [5, 5.41) is 3.37. The van der Waals surface area contributed by atoms with Crippen molar-refractivity contribution in [3.05, 3.63) is 46.4 Å². The molecule has 0 bridgehead atoms. The highest BCUT2D eigenvalue weighted by Gasteiger charge is 2.23. The summed E-state index contributed by atoms with van der Waals surface area (Å²) in [6.45, 7) is 5.98. The van der Waals surface area contributed by atoms with Crippen molar-refractivity contribution in [2.75, 3.05) is 31.6 Å². The van der Waals surface area contributed by atoms with E-state index >= 15 is 0 Å². The van der Waals surface area contributed by atoms with E-state index in [0.29, 0.717) is 35.5 Å². The van der Waals surface area contributed by atoms with E-state index in [4.69, 9.17) is 32.7 Å². The summed E-state index contributed by atoms with van der Waals surface area (Å²) in [7, 11) is -3.69. The van der Waals surface area contributed by atoms with Crippen molar-refractivity contribution in [2.24, 2.45) is 0 Å². The first-order chi connectivity index (χ1) is 14.2. The standard InChI is InChI=1S/C20H24Cl2N2O5S/c1-4-24(5-2)30(26,27)15-8-10-18(28-6-3)17(12-15)23-20(25)13-29-19-11-14(21)7-9-16(19)22/h7-12H,4-6,13H2,1-3H3,(H,23,25). The monoisotopic (exact) mass is 474 g/mol. The molecular weight excluding hydrogens is 451 g/mol. The third-order valence-corrected chi connectivity index (χ3v) is 6.71. The zero-order valence-electron chi connectivity index (χ0n) is 16.9. The van der Waals surface area contributed by atoms with E-state index in [1.54, 1.807) is 32.9 Å². The van der Waals surface area contributed by atoms with Crippen LogP contribution in [-0.2, 0) is 14.8 Å². The Kier molecular flexibility index (Phi) is 8.78. The minimum absolute atomic E-state index is 0.0590. The van der Waals surface area contributed by atoms with Gasteiger partial charge in [0, 0.05) is 24.2 Å². The van der Waals surface area contributed by atoms with Crippen LogP contribution in [0.2, 0.25) is 10.0 Å². The molecule has 0 heterocycles. The largest absolute Gasteiger partial charge is 0.492 e. The Balaban J connectivity index is 2.23. The van der Waals surface area contributed by atoms with Gasteiger partial charge >= 0.3 is 0 Å². The SMILES string of the molecule is CCOc1ccc(S(=O)(=O)N(CC)CC)cc1NC(=O)COc1cc(Cl)ccc1Cl. The molecule has 0 aliphatic heterocycles. The average Bonchev–Trinajstić information content (AvgIpc) is 2.70. The Morgan fingerprint density at radius 2 is 1.70 bits per heavy atom. The van der Waals surface area contributed by atoms with Gasteiger partial charge in [-0.3, -0.25) is 4.79 Å². The maximum absolute atomic E-state index is 12.8. The second-order valence-electron chi connectivity index (χ2n) is 6.09. The number of carbonyl (C=O) groups is 1. The van der Waals surface area contributed by atoms with Crippen molar-refractivity contribution in [2.45, 2.75) is 25.7 Å². The summed E-state index contributed by atoms with van der Waals surface area (Å²) in [4.78, 5) is 12.5. The van der Waals surface area contributed by atoms with E-state index in [1.807, 2.05) is 0 Å². The summed E-state index contributed by atoms with van der Waals surface area (Å²) in [6.07, 6.45) is 0. The highest BCUT2D eigenvalue weighted by atomic mass is 35.5. The molecule has 0 spiro atoms. The molecule has 2 aromatic rings. The third kappa shape index (κ3) is 6.01. The summed E-state index contributed by atoms with van der Waals surface area (Å²) in [5.74, 6) is 0.108. The van der Waals surface area contributed by atoms with E-state index in [-0.39, 0.29) is 22.9 Å². The van der Waals surface area contributed by atoms with Crippen LogP contribution in [-0.4, -0.2) is 44.9 Å². The van der Waals surface area contributed by atoms with Crippen LogP contribution in [0.15, 0.2) is 41.3 Å². The molecule has 1 amide bonds. The first kappa shape index (κ1) is 24.3. The minimum atomic E-state index is -3.69. The first-order valence-corrected chi connectivity index (χ1v) is 11.6. The summed E-state index contributed by atoms with van der Waals surface area (Å²) in [6, 6.07) is 9.02. The van der Waals surface area contributed by atoms with Crippen LogP contribution in [0.25, 0.3) is 0 Å². The molecule has 0 aromatic heterocycles. The van der Waals surface area contributed by atoms with E-state index in [2.05, 4.69) is 5.32 Å². The van der Waals surface area contributed by atoms with Crippen molar-refractivity contribution >= 4 is 44.8 Å². The summed E-state index contributed by atoms with van der Waals surface area (Å²) in [5.41, 5.74) is 0.232. The highest BCUT2D eigenvalue weighted by Crippen LogP contribution is 2.30. The molecule has 10 heteroatoms. The molecule has 0 fully saturated rings. The van der Waals surface area contributed by atoms with Crippen LogP contribution in [0.4, 0.5) is 5.69 Å². The predicted octanol–water partition coefficient (Wildman–Crippen LogP) is 4.44. The van der Waals surface area contributed by atoms with Gasteiger partial charge in [-0.25, -0.2) is 8.42 Å². The molecule has 0 aliphatic carbocycles. The summed E-state index contributed by atoms with van der Waals surface area (Å²) >= 11 is 11.9. The molecule has 0 radical (unpaired) electrons. The molecule has 0 atom stereocenters. The van der Waals surface area contributed by atoms with Gasteiger partial charge in [0.2, 0.25) is 10.0 Å². The van der Waals surface area contributed by atoms with Crippen LogP contribution in [0.1, 0.15) is 20.8 Å². The van der Waals surface area contributed by atoms with E-state index in [0.717, 1.165) is 0 Å². The van der Waals surface area contributed by atoms with Crippen molar-refractivity contribution < 1.29 is 22.7 Å². The van der Waals surface area contributed by atoms with E-state index in [1.165, 1.54) is 28.6 Å². The van der Waals surface area contributed by atoms with Gasteiger partial charge in [0.05, 0.1) is 22.2 Å². The topological polar surface area (TPSA) is 84.9 Å². The lowest BCUT2D eigenvalue weighted by Gasteiger charge is -2.20. The van der Waals surface area contributed by atoms with Crippen LogP contribution in [0, 0.1) is 0 Å². The van der Waals surface area contributed by atoms with Crippen LogP contribution in [0.3, 0.4) is 0 Å². The van der Waals surface area contributed by atoms with Gasteiger partial charge in [-0.2, -0.15) is 4.31 Å². The number of amides is 1. The Bertz CT molecular complexity index is 995. The number of anilines is 1. The average molecular weight is 475 g/mol. The Labute approximate surface area is 186 Å².